The lowest BCUT2D eigenvalue weighted by atomic mass is 10.2. The van der Waals surface area contributed by atoms with Crippen molar-refractivity contribution in [3.8, 4) is 28.7 Å². The molecule has 0 atom stereocenters. The molecule has 0 saturated heterocycles. The molecule has 8 heteroatoms. The maximum Gasteiger partial charge on any atom is 0.336 e. The van der Waals surface area contributed by atoms with Gasteiger partial charge in [0.2, 0.25) is 11.2 Å². The summed E-state index contributed by atoms with van der Waals surface area (Å²) in [5.74, 6) is 1.07. The van der Waals surface area contributed by atoms with Gasteiger partial charge in [0.05, 0.1) is 24.6 Å². The van der Waals surface area contributed by atoms with Crippen LogP contribution in [0.15, 0.2) is 82.2 Å². The van der Waals surface area contributed by atoms with Crippen LogP contribution >= 0.6 is 11.6 Å². The lowest BCUT2D eigenvalue weighted by Crippen LogP contribution is -2.06. The van der Waals surface area contributed by atoms with Gasteiger partial charge in [-0.2, -0.15) is 0 Å². The Morgan fingerprint density at radius 2 is 1.71 bits per heavy atom. The topological polar surface area (TPSA) is 84.2 Å². The first-order chi connectivity index (χ1) is 16.5. The van der Waals surface area contributed by atoms with Crippen LogP contribution in [0, 0.1) is 0 Å². The highest BCUT2D eigenvalue weighted by Gasteiger charge is 2.12. The summed E-state index contributed by atoms with van der Waals surface area (Å²) in [5.41, 5.74) is 0.586. The van der Waals surface area contributed by atoms with E-state index in [4.69, 9.17) is 35.0 Å². The minimum Gasteiger partial charge on any atom is -0.493 e. The molecule has 1 aromatic heterocycles. The molecule has 34 heavy (non-hydrogen) atoms. The first-order valence-electron chi connectivity index (χ1n) is 10.1. The van der Waals surface area contributed by atoms with Crippen LogP contribution in [0.5, 0.6) is 28.7 Å². The zero-order valence-corrected chi connectivity index (χ0v) is 19.0. The van der Waals surface area contributed by atoms with Gasteiger partial charge in [0.15, 0.2) is 11.5 Å². The number of para-hydroxylation sites is 1. The number of halogens is 1. The van der Waals surface area contributed by atoms with E-state index in [1.807, 2.05) is 0 Å². The molecular weight excluding hydrogens is 460 g/mol. The van der Waals surface area contributed by atoms with Crippen LogP contribution in [0.4, 0.5) is 0 Å². The third-order valence-corrected chi connectivity index (χ3v) is 5.12. The number of rotatable bonds is 7. The number of benzene rings is 3. The van der Waals surface area contributed by atoms with Gasteiger partial charge in [-0.15, -0.1) is 0 Å². The third-order valence-electron chi connectivity index (χ3n) is 4.81. The van der Waals surface area contributed by atoms with Crippen molar-refractivity contribution in [3.63, 3.8) is 0 Å². The molecule has 0 aliphatic heterocycles. The fourth-order valence-electron chi connectivity index (χ4n) is 3.14. The number of esters is 1. The van der Waals surface area contributed by atoms with Crippen molar-refractivity contribution in [2.75, 3.05) is 14.2 Å². The minimum atomic E-state index is -0.602. The van der Waals surface area contributed by atoms with Gasteiger partial charge in [0.1, 0.15) is 23.3 Å². The third kappa shape index (κ3) is 5.05. The van der Waals surface area contributed by atoms with Crippen molar-refractivity contribution >= 4 is 34.6 Å². The van der Waals surface area contributed by atoms with Gasteiger partial charge in [0.25, 0.3) is 0 Å². The Bertz CT molecular complexity index is 1440. The second-order valence-electron chi connectivity index (χ2n) is 6.99. The standard InChI is InChI=1S/C26H19ClO7/c1-30-21-11-7-16(13-23(21)31-2)8-12-25(28)33-17-9-10-18-22(14-17)32-15-24(26(18)29)34-20-6-4-3-5-19(20)27/h3-15H,1-2H3/b12-8+. The second-order valence-corrected chi connectivity index (χ2v) is 7.40. The van der Waals surface area contributed by atoms with Crippen molar-refractivity contribution in [2.24, 2.45) is 0 Å². The average Bonchev–Trinajstić information content (AvgIpc) is 2.85. The highest BCUT2D eigenvalue weighted by molar-refractivity contribution is 6.32. The van der Waals surface area contributed by atoms with Gasteiger partial charge < -0.3 is 23.4 Å². The summed E-state index contributed by atoms with van der Waals surface area (Å²) in [5, 5.41) is 0.635. The van der Waals surface area contributed by atoms with Gasteiger partial charge in [-0.1, -0.05) is 29.8 Å². The predicted octanol–water partition coefficient (Wildman–Crippen LogP) is 5.87. The van der Waals surface area contributed by atoms with E-state index in [1.165, 1.54) is 37.6 Å². The summed E-state index contributed by atoms with van der Waals surface area (Å²) in [6.45, 7) is 0. The molecule has 0 fully saturated rings. The first kappa shape index (κ1) is 22.9. The molecule has 0 unspecified atom stereocenters. The summed E-state index contributed by atoms with van der Waals surface area (Å²) in [4.78, 5) is 25.0. The average molecular weight is 479 g/mol. The Morgan fingerprint density at radius 1 is 0.912 bits per heavy atom. The van der Waals surface area contributed by atoms with Crippen LogP contribution in [0.3, 0.4) is 0 Å². The van der Waals surface area contributed by atoms with E-state index < -0.39 is 5.97 Å². The van der Waals surface area contributed by atoms with Crippen LogP contribution < -0.4 is 24.4 Å². The first-order valence-corrected chi connectivity index (χ1v) is 10.5. The number of hydrogen-bond acceptors (Lipinski definition) is 7. The smallest absolute Gasteiger partial charge is 0.336 e. The summed E-state index contributed by atoms with van der Waals surface area (Å²) in [7, 11) is 3.08. The predicted molar refractivity (Wildman–Crippen MR) is 128 cm³/mol. The van der Waals surface area contributed by atoms with Crippen molar-refractivity contribution in [1.82, 2.24) is 0 Å². The molecule has 0 amide bonds. The van der Waals surface area contributed by atoms with Crippen molar-refractivity contribution in [2.45, 2.75) is 0 Å². The van der Waals surface area contributed by atoms with E-state index in [1.54, 1.807) is 55.7 Å². The summed E-state index contributed by atoms with van der Waals surface area (Å²) in [6.07, 6.45) is 4.06. The van der Waals surface area contributed by atoms with Crippen molar-refractivity contribution < 1.29 is 28.2 Å². The number of hydrogen-bond donors (Lipinski definition) is 0. The van der Waals surface area contributed by atoms with E-state index in [-0.39, 0.29) is 27.9 Å². The quantitative estimate of drug-likeness (QED) is 0.186. The SMILES string of the molecule is COc1ccc(/C=C/C(=O)Oc2ccc3c(=O)c(Oc4ccccc4Cl)coc3c2)cc1OC. The molecule has 0 aliphatic rings. The molecule has 1 heterocycles. The molecule has 0 aliphatic carbocycles. The molecule has 7 nitrogen and oxygen atoms in total. The molecule has 4 aromatic rings. The maximum absolute atomic E-state index is 12.8. The van der Waals surface area contributed by atoms with E-state index in [0.29, 0.717) is 22.3 Å². The van der Waals surface area contributed by atoms with E-state index in [2.05, 4.69) is 0 Å². The van der Waals surface area contributed by atoms with Crippen LogP contribution in [-0.4, -0.2) is 20.2 Å². The van der Waals surface area contributed by atoms with Crippen molar-refractivity contribution in [1.29, 1.82) is 0 Å². The molecule has 3 aromatic carbocycles. The molecule has 4 rings (SSSR count). The highest BCUT2D eigenvalue weighted by Crippen LogP contribution is 2.30. The molecular formula is C26H19ClO7. The van der Waals surface area contributed by atoms with Gasteiger partial charge in [0, 0.05) is 12.1 Å². The van der Waals surface area contributed by atoms with Gasteiger partial charge >= 0.3 is 5.97 Å². The highest BCUT2D eigenvalue weighted by atomic mass is 35.5. The zero-order chi connectivity index (χ0) is 24.1. The number of carbonyl (C=O) groups is 1. The minimum absolute atomic E-state index is 0.0109. The molecule has 0 N–H and O–H groups in total. The number of ether oxygens (including phenoxy) is 4. The number of carbonyl (C=O) groups excluding carboxylic acids is 1. The van der Waals surface area contributed by atoms with E-state index >= 15 is 0 Å². The van der Waals surface area contributed by atoms with Crippen LogP contribution in [0.2, 0.25) is 5.02 Å². The van der Waals surface area contributed by atoms with Gasteiger partial charge in [-0.3, -0.25) is 4.79 Å². The summed E-state index contributed by atoms with van der Waals surface area (Å²) >= 11 is 6.08. The summed E-state index contributed by atoms with van der Waals surface area (Å²) < 4.78 is 26.9. The van der Waals surface area contributed by atoms with Crippen LogP contribution in [-0.2, 0) is 4.79 Å². The molecule has 0 saturated carbocycles. The maximum atomic E-state index is 12.8. The Balaban J connectivity index is 1.49. The molecule has 0 radical (unpaired) electrons. The zero-order valence-electron chi connectivity index (χ0n) is 18.2. The monoisotopic (exact) mass is 478 g/mol. The van der Waals surface area contributed by atoms with Gasteiger partial charge in [-0.25, -0.2) is 4.79 Å². The lowest BCUT2D eigenvalue weighted by molar-refractivity contribution is -0.128. The Labute approximate surface area is 199 Å². The number of methoxy groups -OCH3 is 2. The van der Waals surface area contributed by atoms with Crippen molar-refractivity contribution in [3.05, 3.63) is 93.8 Å². The van der Waals surface area contributed by atoms with Gasteiger partial charge in [-0.05, 0) is 48.0 Å². The Morgan fingerprint density at radius 3 is 2.47 bits per heavy atom. The fourth-order valence-corrected chi connectivity index (χ4v) is 3.32. The lowest BCUT2D eigenvalue weighted by Gasteiger charge is -2.08. The molecule has 0 bridgehead atoms. The fraction of sp³-hybridized carbons (Fsp3) is 0.0769. The molecule has 0 spiro atoms. The number of fused-ring (bicyclic) bond motifs is 1. The van der Waals surface area contributed by atoms with E-state index in [0.717, 1.165) is 5.56 Å². The van der Waals surface area contributed by atoms with Crippen LogP contribution in [0.1, 0.15) is 5.56 Å². The van der Waals surface area contributed by atoms with E-state index in [9.17, 15) is 9.59 Å². The largest absolute Gasteiger partial charge is 0.493 e. The second kappa shape index (κ2) is 10.1. The Kier molecular flexibility index (Phi) is 6.85. The normalized spacial score (nSPS) is 10.9. The van der Waals surface area contributed by atoms with Crippen LogP contribution in [0.25, 0.3) is 17.0 Å². The summed E-state index contributed by atoms with van der Waals surface area (Å²) in [6, 6.07) is 16.5. The Hall–Kier alpha value is -4.23. The molecule has 172 valence electrons.